The average Bonchev–Trinajstić information content (AvgIpc) is 2.30. The first kappa shape index (κ1) is 10.8. The molecule has 83 valence electrons. The van der Waals surface area contributed by atoms with Crippen molar-refractivity contribution in [1.82, 2.24) is 0 Å². The lowest BCUT2D eigenvalue weighted by Gasteiger charge is -2.31. The van der Waals surface area contributed by atoms with Gasteiger partial charge in [-0.2, -0.15) is 0 Å². The summed E-state index contributed by atoms with van der Waals surface area (Å²) in [4.78, 5) is 0. The molecule has 2 heteroatoms. The quantitative estimate of drug-likeness (QED) is 0.771. The third-order valence-corrected chi connectivity index (χ3v) is 2.56. The van der Waals surface area contributed by atoms with Gasteiger partial charge >= 0.3 is 0 Å². The summed E-state index contributed by atoms with van der Waals surface area (Å²) in [5.41, 5.74) is -0.523. The molecule has 0 saturated carbocycles. The number of benzene rings is 1. The normalized spacial score (nSPS) is 23.8. The van der Waals surface area contributed by atoms with E-state index in [2.05, 4.69) is 0 Å². The molecule has 16 heavy (non-hydrogen) atoms. The number of para-hydroxylation sites is 1. The highest BCUT2D eigenvalue weighted by atomic mass is 16.5. The molecule has 1 unspecified atom stereocenters. The molecule has 0 fully saturated rings. The van der Waals surface area contributed by atoms with Crippen LogP contribution in [-0.2, 0) is 4.74 Å². The van der Waals surface area contributed by atoms with Crippen molar-refractivity contribution in [2.24, 2.45) is 0 Å². The van der Waals surface area contributed by atoms with Crippen LogP contribution in [0, 0.1) is 6.42 Å². The summed E-state index contributed by atoms with van der Waals surface area (Å²) in [6.07, 6.45) is 7.81. The molecule has 0 aromatic heterocycles. The SMILES string of the molecule is COC1=C[CH]C=CC1(C)Oc1ccccc1. The van der Waals surface area contributed by atoms with Gasteiger partial charge in [-0.1, -0.05) is 24.3 Å². The van der Waals surface area contributed by atoms with Crippen LogP contribution in [0.4, 0.5) is 0 Å². The second-order valence-electron chi connectivity index (χ2n) is 3.81. The predicted octanol–water partition coefficient (Wildman–Crippen LogP) is 3.13. The molecule has 0 spiro atoms. The first-order valence-corrected chi connectivity index (χ1v) is 5.26. The summed E-state index contributed by atoms with van der Waals surface area (Å²) in [6, 6.07) is 9.74. The first-order valence-electron chi connectivity index (χ1n) is 5.26. The number of ether oxygens (including phenoxy) is 2. The van der Waals surface area contributed by atoms with Gasteiger partial charge in [-0.15, -0.1) is 0 Å². The van der Waals surface area contributed by atoms with E-state index in [0.717, 1.165) is 11.5 Å². The van der Waals surface area contributed by atoms with Crippen molar-refractivity contribution in [3.63, 3.8) is 0 Å². The predicted molar refractivity (Wildman–Crippen MR) is 64.0 cm³/mol. The van der Waals surface area contributed by atoms with E-state index in [9.17, 15) is 0 Å². The van der Waals surface area contributed by atoms with Crippen molar-refractivity contribution in [3.05, 3.63) is 60.7 Å². The van der Waals surface area contributed by atoms with Crippen LogP contribution in [0.1, 0.15) is 6.92 Å². The third-order valence-electron chi connectivity index (χ3n) is 2.56. The van der Waals surface area contributed by atoms with Crippen molar-refractivity contribution in [2.75, 3.05) is 7.11 Å². The Hall–Kier alpha value is -1.70. The standard InChI is InChI=1S/C14H15O2/c1-14(11-7-6-10-13(14)15-2)16-12-8-4-3-5-9-12/h3-11H,1-2H3. The fourth-order valence-corrected chi connectivity index (χ4v) is 1.72. The van der Waals surface area contributed by atoms with Crippen molar-refractivity contribution in [1.29, 1.82) is 0 Å². The maximum atomic E-state index is 5.95. The van der Waals surface area contributed by atoms with E-state index in [4.69, 9.17) is 9.47 Å². The molecular weight excluding hydrogens is 200 g/mol. The number of methoxy groups -OCH3 is 1. The zero-order valence-electron chi connectivity index (χ0n) is 9.51. The zero-order valence-corrected chi connectivity index (χ0v) is 9.51. The summed E-state index contributed by atoms with van der Waals surface area (Å²) in [7, 11) is 1.66. The monoisotopic (exact) mass is 215 g/mol. The van der Waals surface area contributed by atoms with Crippen LogP contribution in [0.15, 0.2) is 54.3 Å². The van der Waals surface area contributed by atoms with Crippen LogP contribution in [-0.4, -0.2) is 12.7 Å². The van der Waals surface area contributed by atoms with E-state index in [1.807, 2.05) is 61.9 Å². The molecule has 2 nitrogen and oxygen atoms in total. The van der Waals surface area contributed by atoms with Crippen LogP contribution in [0.2, 0.25) is 0 Å². The fourth-order valence-electron chi connectivity index (χ4n) is 1.72. The maximum Gasteiger partial charge on any atom is 0.180 e. The topological polar surface area (TPSA) is 18.5 Å². The minimum atomic E-state index is -0.523. The Morgan fingerprint density at radius 2 is 1.88 bits per heavy atom. The lowest BCUT2D eigenvalue weighted by molar-refractivity contribution is 0.1000. The zero-order chi connectivity index (χ0) is 11.4. The Morgan fingerprint density at radius 1 is 1.12 bits per heavy atom. The van der Waals surface area contributed by atoms with Crippen molar-refractivity contribution in [2.45, 2.75) is 12.5 Å². The Labute approximate surface area is 96.2 Å². The Bertz CT molecular complexity index is 406. The molecule has 0 heterocycles. The molecule has 2 rings (SSSR count). The Balaban J connectivity index is 2.22. The molecule has 1 aliphatic carbocycles. The van der Waals surface area contributed by atoms with E-state index < -0.39 is 5.60 Å². The van der Waals surface area contributed by atoms with Crippen LogP contribution < -0.4 is 4.74 Å². The molecule has 1 aromatic carbocycles. The molecule has 1 aliphatic rings. The Morgan fingerprint density at radius 3 is 2.56 bits per heavy atom. The number of hydrogen-bond donors (Lipinski definition) is 0. The molecule has 1 radical (unpaired) electrons. The van der Waals surface area contributed by atoms with Gasteiger partial charge in [0, 0.05) is 6.42 Å². The largest absolute Gasteiger partial charge is 0.497 e. The fraction of sp³-hybridized carbons (Fsp3) is 0.214. The molecule has 0 amide bonds. The summed E-state index contributed by atoms with van der Waals surface area (Å²) < 4.78 is 11.3. The number of allylic oxidation sites excluding steroid dienone is 2. The molecule has 0 N–H and O–H groups in total. The maximum absolute atomic E-state index is 5.95. The van der Waals surface area contributed by atoms with Crippen LogP contribution in [0.3, 0.4) is 0 Å². The molecular formula is C14H15O2. The van der Waals surface area contributed by atoms with Crippen LogP contribution in [0.25, 0.3) is 0 Å². The highest BCUT2D eigenvalue weighted by Gasteiger charge is 2.31. The van der Waals surface area contributed by atoms with Crippen molar-refractivity contribution >= 4 is 0 Å². The second-order valence-corrected chi connectivity index (χ2v) is 3.81. The van der Waals surface area contributed by atoms with Gasteiger partial charge in [-0.25, -0.2) is 0 Å². The van der Waals surface area contributed by atoms with Crippen molar-refractivity contribution in [3.8, 4) is 5.75 Å². The molecule has 0 saturated heterocycles. The first-order chi connectivity index (χ1) is 7.74. The van der Waals surface area contributed by atoms with Gasteiger partial charge in [-0.05, 0) is 31.2 Å². The highest BCUT2D eigenvalue weighted by Crippen LogP contribution is 2.29. The molecule has 0 aliphatic heterocycles. The van der Waals surface area contributed by atoms with E-state index >= 15 is 0 Å². The summed E-state index contributed by atoms with van der Waals surface area (Å²) in [6.45, 7) is 1.98. The van der Waals surface area contributed by atoms with Gasteiger partial charge in [-0.3, -0.25) is 0 Å². The average molecular weight is 215 g/mol. The van der Waals surface area contributed by atoms with Gasteiger partial charge in [0.05, 0.1) is 7.11 Å². The smallest absolute Gasteiger partial charge is 0.180 e. The van der Waals surface area contributed by atoms with Gasteiger partial charge in [0.25, 0.3) is 0 Å². The lowest BCUT2D eigenvalue weighted by Crippen LogP contribution is -2.34. The van der Waals surface area contributed by atoms with Crippen LogP contribution >= 0.6 is 0 Å². The summed E-state index contributed by atoms with van der Waals surface area (Å²) in [5.74, 6) is 1.64. The summed E-state index contributed by atoms with van der Waals surface area (Å²) in [5, 5.41) is 0. The van der Waals surface area contributed by atoms with Gasteiger partial charge in [0.2, 0.25) is 0 Å². The van der Waals surface area contributed by atoms with Crippen molar-refractivity contribution < 1.29 is 9.47 Å². The van der Waals surface area contributed by atoms with E-state index in [1.165, 1.54) is 0 Å². The third kappa shape index (κ3) is 2.11. The minimum absolute atomic E-state index is 0.523. The lowest BCUT2D eigenvalue weighted by atomic mass is 9.97. The molecule has 1 aromatic rings. The number of hydrogen-bond acceptors (Lipinski definition) is 2. The van der Waals surface area contributed by atoms with E-state index in [1.54, 1.807) is 7.11 Å². The molecule has 1 atom stereocenters. The van der Waals surface area contributed by atoms with Gasteiger partial charge < -0.3 is 9.47 Å². The minimum Gasteiger partial charge on any atom is -0.497 e. The Kier molecular flexibility index (Phi) is 3.00. The van der Waals surface area contributed by atoms with E-state index in [-0.39, 0.29) is 0 Å². The number of rotatable bonds is 3. The van der Waals surface area contributed by atoms with Gasteiger partial charge in [0.1, 0.15) is 11.5 Å². The van der Waals surface area contributed by atoms with Crippen LogP contribution in [0.5, 0.6) is 5.75 Å². The highest BCUT2D eigenvalue weighted by molar-refractivity contribution is 5.34. The molecule has 0 bridgehead atoms. The van der Waals surface area contributed by atoms with Gasteiger partial charge in [0.15, 0.2) is 5.60 Å². The van der Waals surface area contributed by atoms with E-state index in [0.29, 0.717) is 0 Å². The summed E-state index contributed by atoms with van der Waals surface area (Å²) >= 11 is 0. The second kappa shape index (κ2) is 4.44.